The molecule has 10 heteroatoms. The number of H-pyrrole nitrogens is 1. The molecule has 1 aliphatic rings. The van der Waals surface area contributed by atoms with Crippen LogP contribution in [-0.2, 0) is 16.4 Å². The fourth-order valence-electron chi connectivity index (χ4n) is 4.66. The lowest BCUT2D eigenvalue weighted by Gasteiger charge is -2.36. The fraction of sp³-hybridized carbons (Fsp3) is 0.231. The molecule has 0 amide bonds. The van der Waals surface area contributed by atoms with Gasteiger partial charge in [0, 0.05) is 63.1 Å². The molecule has 2 aromatic carbocycles. The van der Waals surface area contributed by atoms with E-state index in [4.69, 9.17) is 4.98 Å². The molecule has 182 valence electrons. The molecule has 0 radical (unpaired) electrons. The van der Waals surface area contributed by atoms with E-state index >= 15 is 0 Å². The van der Waals surface area contributed by atoms with E-state index in [0.717, 1.165) is 71.9 Å². The molecular formula is C26H25N7O2S. The predicted molar refractivity (Wildman–Crippen MR) is 139 cm³/mol. The second kappa shape index (κ2) is 8.96. The molecule has 5 aromatic rings. The molecular weight excluding hydrogens is 474 g/mol. The highest BCUT2D eigenvalue weighted by Gasteiger charge is 2.21. The van der Waals surface area contributed by atoms with Gasteiger partial charge in [0.1, 0.15) is 16.9 Å². The summed E-state index contributed by atoms with van der Waals surface area (Å²) in [5.41, 5.74) is 6.46. The molecule has 6 rings (SSSR count). The van der Waals surface area contributed by atoms with E-state index in [0.29, 0.717) is 10.5 Å². The quantitative estimate of drug-likeness (QED) is 0.393. The third kappa shape index (κ3) is 4.40. The lowest BCUT2D eigenvalue weighted by Crippen LogP contribution is -2.46. The molecule has 1 saturated heterocycles. The molecule has 1 aliphatic heterocycles. The largest absolute Gasteiger partial charge is 0.367 e. The number of anilines is 1. The number of benzene rings is 2. The van der Waals surface area contributed by atoms with Crippen LogP contribution >= 0.6 is 0 Å². The van der Waals surface area contributed by atoms with Crippen molar-refractivity contribution in [2.24, 2.45) is 0 Å². The predicted octanol–water partition coefficient (Wildman–Crippen LogP) is 3.29. The van der Waals surface area contributed by atoms with Gasteiger partial charge in [0.25, 0.3) is 0 Å². The number of nitrogens with one attached hydrogen (secondary N) is 1. The molecule has 36 heavy (non-hydrogen) atoms. The van der Waals surface area contributed by atoms with Crippen molar-refractivity contribution in [3.8, 4) is 11.4 Å². The molecule has 9 nitrogen and oxygen atoms in total. The number of aromatic nitrogens is 5. The summed E-state index contributed by atoms with van der Waals surface area (Å²) >= 11 is 0. The number of pyridine rings is 1. The van der Waals surface area contributed by atoms with Gasteiger partial charge in [-0.05, 0) is 48.0 Å². The maximum absolute atomic E-state index is 11.8. The first kappa shape index (κ1) is 22.6. The van der Waals surface area contributed by atoms with Crippen molar-refractivity contribution in [3.63, 3.8) is 0 Å². The van der Waals surface area contributed by atoms with Crippen molar-refractivity contribution in [1.82, 2.24) is 29.8 Å². The highest BCUT2D eigenvalue weighted by molar-refractivity contribution is 7.90. The number of aromatic amines is 1. The third-order valence-electron chi connectivity index (χ3n) is 6.55. The lowest BCUT2D eigenvalue weighted by atomic mass is 10.2. The van der Waals surface area contributed by atoms with Crippen molar-refractivity contribution in [3.05, 3.63) is 72.7 Å². The number of piperazine rings is 1. The lowest BCUT2D eigenvalue weighted by molar-refractivity contribution is 0.250. The standard InChI is InChI=1S/C26H25N7O2S/c1-36(34,35)20-7-5-19(6-8-20)25-30-21-3-2-4-23(24(21)31-25)33-13-11-32(12-14-33)17-18-15-22-26(29-16-18)28-10-9-27-22/h2-10,15-16H,11-14,17H2,1H3,(H,30,31). The summed E-state index contributed by atoms with van der Waals surface area (Å²) in [6.45, 7) is 4.47. The number of para-hydroxylation sites is 1. The summed E-state index contributed by atoms with van der Waals surface area (Å²) in [5.74, 6) is 0.725. The Balaban J connectivity index is 1.18. The number of imidazole rings is 1. The topological polar surface area (TPSA) is 108 Å². The van der Waals surface area contributed by atoms with Crippen LogP contribution < -0.4 is 4.90 Å². The number of nitrogens with zero attached hydrogens (tertiary/aromatic N) is 6. The molecule has 3 aromatic heterocycles. The zero-order valence-corrected chi connectivity index (χ0v) is 20.6. The number of rotatable bonds is 5. The summed E-state index contributed by atoms with van der Waals surface area (Å²) < 4.78 is 23.6. The van der Waals surface area contributed by atoms with E-state index in [1.807, 2.05) is 18.3 Å². The minimum Gasteiger partial charge on any atom is -0.367 e. The number of fused-ring (bicyclic) bond motifs is 2. The van der Waals surface area contributed by atoms with E-state index in [9.17, 15) is 8.42 Å². The molecule has 0 unspecified atom stereocenters. The van der Waals surface area contributed by atoms with E-state index in [1.54, 1.807) is 36.7 Å². The van der Waals surface area contributed by atoms with E-state index in [2.05, 4.69) is 41.9 Å². The number of hydrogen-bond donors (Lipinski definition) is 1. The highest BCUT2D eigenvalue weighted by atomic mass is 32.2. The van der Waals surface area contributed by atoms with Crippen LogP contribution in [0.5, 0.6) is 0 Å². The maximum Gasteiger partial charge on any atom is 0.178 e. The van der Waals surface area contributed by atoms with Crippen LogP contribution in [0.3, 0.4) is 0 Å². The molecule has 0 atom stereocenters. The van der Waals surface area contributed by atoms with Crippen molar-refractivity contribution in [1.29, 1.82) is 0 Å². The molecule has 0 saturated carbocycles. The maximum atomic E-state index is 11.8. The van der Waals surface area contributed by atoms with Crippen molar-refractivity contribution >= 4 is 37.7 Å². The van der Waals surface area contributed by atoms with Gasteiger partial charge in [-0.1, -0.05) is 6.07 Å². The Bertz CT molecular complexity index is 1660. The average Bonchev–Trinajstić information content (AvgIpc) is 3.33. The Morgan fingerprint density at radius 1 is 0.944 bits per heavy atom. The average molecular weight is 500 g/mol. The minimum atomic E-state index is -3.23. The molecule has 4 heterocycles. The zero-order chi connectivity index (χ0) is 24.7. The third-order valence-corrected chi connectivity index (χ3v) is 7.68. The summed E-state index contributed by atoms with van der Waals surface area (Å²) in [6, 6.07) is 15.1. The highest BCUT2D eigenvalue weighted by Crippen LogP contribution is 2.29. The Morgan fingerprint density at radius 2 is 1.72 bits per heavy atom. The Kier molecular flexibility index (Phi) is 5.62. The van der Waals surface area contributed by atoms with E-state index < -0.39 is 9.84 Å². The number of hydrogen-bond acceptors (Lipinski definition) is 8. The van der Waals surface area contributed by atoms with Crippen LogP contribution in [0.2, 0.25) is 0 Å². The molecule has 0 spiro atoms. The van der Waals surface area contributed by atoms with Crippen LogP contribution in [-0.4, -0.2) is 70.7 Å². The fourth-order valence-corrected chi connectivity index (χ4v) is 5.29. The van der Waals surface area contributed by atoms with Gasteiger partial charge in [-0.15, -0.1) is 0 Å². The van der Waals surface area contributed by atoms with E-state index in [-0.39, 0.29) is 0 Å². The van der Waals surface area contributed by atoms with Crippen LogP contribution in [0.15, 0.2) is 72.0 Å². The molecule has 0 bridgehead atoms. The Labute approximate surface area is 208 Å². The van der Waals surface area contributed by atoms with Gasteiger partial charge in [0.05, 0.1) is 16.1 Å². The van der Waals surface area contributed by atoms with Gasteiger partial charge in [-0.3, -0.25) is 9.88 Å². The van der Waals surface area contributed by atoms with Crippen LogP contribution in [0.1, 0.15) is 5.56 Å². The first-order valence-electron chi connectivity index (χ1n) is 11.8. The van der Waals surface area contributed by atoms with Crippen LogP contribution in [0.4, 0.5) is 5.69 Å². The summed E-state index contributed by atoms with van der Waals surface area (Å²) in [5, 5.41) is 0. The summed E-state index contributed by atoms with van der Waals surface area (Å²) in [4.78, 5) is 26.4. The van der Waals surface area contributed by atoms with Crippen molar-refractivity contribution < 1.29 is 8.42 Å². The zero-order valence-electron chi connectivity index (χ0n) is 19.8. The monoisotopic (exact) mass is 499 g/mol. The van der Waals surface area contributed by atoms with Crippen LogP contribution in [0, 0.1) is 0 Å². The molecule has 1 fully saturated rings. The smallest absolute Gasteiger partial charge is 0.178 e. The van der Waals surface area contributed by atoms with Crippen molar-refractivity contribution in [2.75, 3.05) is 37.3 Å². The second-order valence-electron chi connectivity index (χ2n) is 9.06. The van der Waals surface area contributed by atoms with Gasteiger partial charge < -0.3 is 9.88 Å². The molecule has 0 aliphatic carbocycles. The number of sulfone groups is 1. The normalized spacial score (nSPS) is 15.1. The minimum absolute atomic E-state index is 0.299. The van der Waals surface area contributed by atoms with Crippen molar-refractivity contribution in [2.45, 2.75) is 11.4 Å². The SMILES string of the molecule is CS(=O)(=O)c1ccc(-c2nc3c(N4CCN(Cc5cnc6nccnc6c5)CC4)cccc3[nH]2)cc1. The van der Waals surface area contributed by atoms with E-state index in [1.165, 1.54) is 6.26 Å². The second-order valence-corrected chi connectivity index (χ2v) is 11.1. The Morgan fingerprint density at radius 3 is 2.50 bits per heavy atom. The molecule has 1 N–H and O–H groups in total. The summed E-state index contributed by atoms with van der Waals surface area (Å²) in [6.07, 6.45) is 6.45. The Hall–Kier alpha value is -3.89. The van der Waals surface area contributed by atoms with Gasteiger partial charge in [0.15, 0.2) is 15.5 Å². The van der Waals surface area contributed by atoms with Gasteiger partial charge >= 0.3 is 0 Å². The van der Waals surface area contributed by atoms with Crippen LogP contribution in [0.25, 0.3) is 33.6 Å². The summed E-state index contributed by atoms with van der Waals surface area (Å²) in [7, 11) is -3.23. The first-order valence-corrected chi connectivity index (χ1v) is 13.7. The van der Waals surface area contributed by atoms with Gasteiger partial charge in [-0.25, -0.2) is 23.4 Å². The van der Waals surface area contributed by atoms with Gasteiger partial charge in [0.2, 0.25) is 0 Å². The first-order chi connectivity index (χ1) is 17.4. The van der Waals surface area contributed by atoms with Gasteiger partial charge in [-0.2, -0.15) is 0 Å².